The molecule has 1 heterocycles. The number of guanidine groups is 1. The summed E-state index contributed by atoms with van der Waals surface area (Å²) < 4.78 is 31.0. The number of fused-ring (bicyclic) bond motifs is 1. The number of hydrogen-bond donors (Lipinski definition) is 1. The van der Waals surface area contributed by atoms with Crippen LogP contribution < -0.4 is 9.62 Å². The van der Waals surface area contributed by atoms with Gasteiger partial charge >= 0.3 is 0 Å². The second-order valence-electron chi connectivity index (χ2n) is 12.2. The number of anilines is 1. The molecule has 7 heteroatoms. The molecule has 1 N–H and O–H groups in total. The van der Waals surface area contributed by atoms with E-state index in [2.05, 4.69) is 52.9 Å². The van der Waals surface area contributed by atoms with Crippen molar-refractivity contribution in [2.75, 3.05) is 4.90 Å². The van der Waals surface area contributed by atoms with Crippen LogP contribution in [0.1, 0.15) is 75.3 Å². The van der Waals surface area contributed by atoms with Gasteiger partial charge in [0.25, 0.3) is 10.0 Å². The molecule has 0 amide bonds. The summed E-state index contributed by atoms with van der Waals surface area (Å²) in [5, 5.41) is 2.09. The van der Waals surface area contributed by atoms with E-state index in [1.54, 1.807) is 12.1 Å². The van der Waals surface area contributed by atoms with Crippen LogP contribution in [0.15, 0.2) is 88.8 Å². The summed E-state index contributed by atoms with van der Waals surface area (Å²) in [7, 11) is -3.89. The minimum atomic E-state index is -3.89. The lowest BCUT2D eigenvalue weighted by molar-refractivity contribution is 0.428. The highest BCUT2D eigenvalue weighted by Gasteiger charge is 2.32. The van der Waals surface area contributed by atoms with Gasteiger partial charge in [0.1, 0.15) is 5.82 Å². The summed E-state index contributed by atoms with van der Waals surface area (Å²) in [6, 6.07) is 26.0. The highest BCUT2D eigenvalue weighted by molar-refractivity contribution is 7.90. The highest BCUT2D eigenvalue weighted by Crippen LogP contribution is 2.35. The molecule has 2 aliphatic rings. The zero-order chi connectivity index (χ0) is 29.8. The molecule has 3 aromatic carbocycles. The number of rotatable bonds is 6. The van der Waals surface area contributed by atoms with Gasteiger partial charge in [0.15, 0.2) is 0 Å². The lowest BCUT2D eigenvalue weighted by Gasteiger charge is -2.37. The van der Waals surface area contributed by atoms with E-state index < -0.39 is 10.0 Å². The largest absolute Gasteiger partial charge is 0.293 e. The Balaban J connectivity index is 1.56. The fraction of sp³-hybridized carbons (Fsp3) is 0.389. The van der Waals surface area contributed by atoms with Gasteiger partial charge < -0.3 is 0 Å². The van der Waals surface area contributed by atoms with Crippen molar-refractivity contribution >= 4 is 32.6 Å². The molecule has 2 aliphatic carbocycles. The van der Waals surface area contributed by atoms with Gasteiger partial charge in [-0.15, -0.1) is 0 Å². The van der Waals surface area contributed by atoms with Crippen LogP contribution in [0.2, 0.25) is 0 Å². The van der Waals surface area contributed by atoms with Crippen molar-refractivity contribution in [3.63, 3.8) is 0 Å². The first-order chi connectivity index (χ1) is 20.9. The molecule has 4 aromatic rings. The fourth-order valence-corrected chi connectivity index (χ4v) is 7.49. The Morgan fingerprint density at radius 2 is 1.44 bits per heavy atom. The molecular formula is C36H42N4O2S. The monoisotopic (exact) mass is 594 g/mol. The zero-order valence-electron chi connectivity index (χ0n) is 25.3. The second kappa shape index (κ2) is 12.9. The Hall–Kier alpha value is -3.71. The van der Waals surface area contributed by atoms with Crippen LogP contribution in [0.5, 0.6) is 0 Å². The molecule has 0 bridgehead atoms. The smallest absolute Gasteiger partial charge is 0.264 e. The van der Waals surface area contributed by atoms with Gasteiger partial charge in [-0.3, -0.25) is 4.90 Å². The molecular weight excluding hydrogens is 552 g/mol. The third-order valence-corrected chi connectivity index (χ3v) is 10.2. The van der Waals surface area contributed by atoms with Crippen LogP contribution in [-0.2, 0) is 10.0 Å². The van der Waals surface area contributed by atoms with Crippen molar-refractivity contribution in [2.24, 2.45) is 4.99 Å². The predicted octanol–water partition coefficient (Wildman–Crippen LogP) is 8.32. The quantitative estimate of drug-likeness (QED) is 0.180. The van der Waals surface area contributed by atoms with Gasteiger partial charge in [-0.25, -0.2) is 23.1 Å². The van der Waals surface area contributed by atoms with Crippen LogP contribution in [0.25, 0.3) is 22.0 Å². The van der Waals surface area contributed by atoms with Crippen molar-refractivity contribution in [3.8, 4) is 11.3 Å². The number of hydrogen-bond acceptors (Lipinski definition) is 4. The number of nitrogens with zero attached hydrogens (tertiary/aromatic N) is 3. The van der Waals surface area contributed by atoms with E-state index in [-0.39, 0.29) is 17.0 Å². The van der Waals surface area contributed by atoms with Crippen molar-refractivity contribution in [1.29, 1.82) is 0 Å². The molecule has 1 aromatic heterocycles. The van der Waals surface area contributed by atoms with Crippen LogP contribution in [0.3, 0.4) is 0 Å². The molecule has 0 unspecified atom stereocenters. The summed E-state index contributed by atoms with van der Waals surface area (Å²) in [6.45, 7) is 4.06. The molecule has 0 spiro atoms. The summed E-state index contributed by atoms with van der Waals surface area (Å²) in [5.74, 6) is 1.17. The predicted molar refractivity (Wildman–Crippen MR) is 177 cm³/mol. The molecule has 0 radical (unpaired) electrons. The summed E-state index contributed by atoms with van der Waals surface area (Å²) in [4.78, 5) is 13.0. The minimum absolute atomic E-state index is 0.0702. The Kier molecular flexibility index (Phi) is 8.80. The summed E-state index contributed by atoms with van der Waals surface area (Å²) >= 11 is 0. The maximum absolute atomic E-state index is 14.0. The van der Waals surface area contributed by atoms with Crippen LogP contribution in [-0.4, -0.2) is 31.4 Å². The number of aryl methyl sites for hydroxylation is 2. The molecule has 6 nitrogen and oxygen atoms in total. The first-order valence-corrected chi connectivity index (χ1v) is 17.3. The topological polar surface area (TPSA) is 74.7 Å². The lowest BCUT2D eigenvalue weighted by Crippen LogP contribution is -2.51. The Morgan fingerprint density at radius 1 is 0.791 bits per heavy atom. The van der Waals surface area contributed by atoms with E-state index in [1.807, 2.05) is 37.3 Å². The first-order valence-electron chi connectivity index (χ1n) is 15.8. The molecule has 224 valence electrons. The number of sulfonamides is 1. The molecule has 43 heavy (non-hydrogen) atoms. The summed E-state index contributed by atoms with van der Waals surface area (Å²) in [5.41, 5.74) is 4.05. The van der Waals surface area contributed by atoms with Crippen LogP contribution in [0.4, 0.5) is 5.82 Å². The molecule has 0 aliphatic heterocycles. The maximum atomic E-state index is 14.0. The molecule has 2 fully saturated rings. The molecule has 0 atom stereocenters. The highest BCUT2D eigenvalue weighted by atomic mass is 32.2. The number of nitrogens with one attached hydrogen (secondary N) is 1. The molecule has 0 saturated heterocycles. The Labute approximate surface area is 256 Å². The van der Waals surface area contributed by atoms with E-state index in [0.717, 1.165) is 90.3 Å². The van der Waals surface area contributed by atoms with Gasteiger partial charge in [-0.2, -0.15) is 0 Å². The van der Waals surface area contributed by atoms with Crippen molar-refractivity contribution in [2.45, 2.75) is 95.0 Å². The van der Waals surface area contributed by atoms with Crippen molar-refractivity contribution in [1.82, 2.24) is 9.71 Å². The van der Waals surface area contributed by atoms with Crippen LogP contribution >= 0.6 is 0 Å². The first kappa shape index (κ1) is 29.4. The third-order valence-electron chi connectivity index (χ3n) is 8.87. The van der Waals surface area contributed by atoms with Crippen molar-refractivity contribution in [3.05, 3.63) is 90.0 Å². The van der Waals surface area contributed by atoms with Crippen LogP contribution in [0, 0.1) is 13.8 Å². The van der Waals surface area contributed by atoms with Gasteiger partial charge in [0.2, 0.25) is 5.96 Å². The summed E-state index contributed by atoms with van der Waals surface area (Å²) in [6.07, 6.45) is 10.6. The van der Waals surface area contributed by atoms with E-state index in [4.69, 9.17) is 9.98 Å². The van der Waals surface area contributed by atoms with E-state index >= 15 is 0 Å². The fourth-order valence-electron chi connectivity index (χ4n) is 6.49. The average Bonchev–Trinajstić information content (AvgIpc) is 3.03. The number of pyridine rings is 1. The average molecular weight is 595 g/mol. The Bertz CT molecular complexity index is 1690. The second-order valence-corrected chi connectivity index (χ2v) is 13.9. The standard InChI is InChI=1S/C36H42N4O2S/c1-26-19-22-32(23-20-26)43(41,42)39-36(37-30-14-8-4-9-15-30)40(31-16-10-5-11-17-31)35-33-24-27(2)18-21-29(33)25-34(38-35)28-12-6-3-7-13-28/h3,6-7,12-13,18-25,30-31H,4-5,8-11,14-17H2,1-2H3,(H,37,39). The van der Waals surface area contributed by atoms with Gasteiger partial charge in [-0.05, 0) is 69.2 Å². The minimum Gasteiger partial charge on any atom is -0.293 e. The normalized spacial score (nSPS) is 17.2. The van der Waals surface area contributed by atoms with E-state index in [0.29, 0.717) is 5.96 Å². The lowest BCUT2D eigenvalue weighted by atomic mass is 9.93. The van der Waals surface area contributed by atoms with Gasteiger partial charge in [-0.1, -0.05) is 104 Å². The third kappa shape index (κ3) is 6.77. The Morgan fingerprint density at radius 3 is 2.14 bits per heavy atom. The van der Waals surface area contributed by atoms with Gasteiger partial charge in [0, 0.05) is 17.0 Å². The number of aromatic nitrogens is 1. The number of benzene rings is 3. The van der Waals surface area contributed by atoms with Crippen molar-refractivity contribution < 1.29 is 8.42 Å². The van der Waals surface area contributed by atoms with E-state index in [1.165, 1.54) is 12.8 Å². The molecule has 2 saturated carbocycles. The number of aliphatic imine (C=N–C) groups is 1. The maximum Gasteiger partial charge on any atom is 0.264 e. The van der Waals surface area contributed by atoms with E-state index in [9.17, 15) is 8.42 Å². The molecule has 6 rings (SSSR count). The zero-order valence-corrected chi connectivity index (χ0v) is 26.1. The SMILES string of the molecule is Cc1ccc(S(=O)(=O)NC(=NC2CCCCC2)N(c2nc(-c3ccccc3)cc3ccc(C)cc23)C2CCCCC2)cc1. The van der Waals surface area contributed by atoms with Gasteiger partial charge in [0.05, 0.1) is 16.6 Å².